The van der Waals surface area contributed by atoms with Gasteiger partial charge >= 0.3 is 5.69 Å². The lowest BCUT2D eigenvalue weighted by atomic mass is 9.97. The highest BCUT2D eigenvalue weighted by Crippen LogP contribution is 2.23. The number of carbonyl (C=O) groups is 1. The summed E-state index contributed by atoms with van der Waals surface area (Å²) < 4.78 is 3.59. The minimum Gasteiger partial charge on any atom is -0.366 e. The van der Waals surface area contributed by atoms with Crippen LogP contribution in [0.25, 0.3) is 12.2 Å². The Morgan fingerprint density at radius 1 is 1.18 bits per heavy atom. The molecule has 3 aromatic heterocycles. The van der Waals surface area contributed by atoms with Gasteiger partial charge in [0.2, 0.25) is 5.95 Å². The smallest absolute Gasteiger partial charge is 0.328 e. The Balaban J connectivity index is 1.34. The van der Waals surface area contributed by atoms with Gasteiger partial charge in [0.1, 0.15) is 0 Å². The van der Waals surface area contributed by atoms with Gasteiger partial charge in [0.15, 0.2) is 0 Å². The van der Waals surface area contributed by atoms with E-state index in [4.69, 9.17) is 5.73 Å². The topological polar surface area (TPSA) is 115 Å². The van der Waals surface area contributed by atoms with Gasteiger partial charge in [-0.05, 0) is 43.7 Å². The van der Waals surface area contributed by atoms with E-state index in [9.17, 15) is 9.59 Å². The van der Waals surface area contributed by atoms with Crippen molar-refractivity contribution in [3.8, 4) is 0 Å². The van der Waals surface area contributed by atoms with Gasteiger partial charge in [-0.25, -0.2) is 14.8 Å². The van der Waals surface area contributed by atoms with Crippen LogP contribution < -0.4 is 16.3 Å². The summed E-state index contributed by atoms with van der Waals surface area (Å²) >= 11 is 0. The van der Waals surface area contributed by atoms with Crippen LogP contribution in [-0.4, -0.2) is 43.1 Å². The number of nitrogens with zero attached hydrogens (tertiary/aromatic N) is 5. The molecule has 1 saturated heterocycles. The first-order chi connectivity index (χ1) is 16.4. The van der Waals surface area contributed by atoms with Gasteiger partial charge in [0.25, 0.3) is 5.91 Å². The van der Waals surface area contributed by atoms with Crippen LogP contribution in [0, 0.1) is 12.8 Å². The van der Waals surface area contributed by atoms with Gasteiger partial charge in [0, 0.05) is 67.9 Å². The van der Waals surface area contributed by atoms with E-state index in [1.807, 2.05) is 30.0 Å². The maximum Gasteiger partial charge on any atom is 0.328 e. The molecular formula is C25H31N7O2. The highest BCUT2D eigenvalue weighted by molar-refractivity contribution is 5.92. The lowest BCUT2D eigenvalue weighted by Crippen LogP contribution is -2.37. The Morgan fingerprint density at radius 2 is 1.85 bits per heavy atom. The molecule has 1 aliphatic rings. The first-order valence-electron chi connectivity index (χ1n) is 11.5. The molecule has 0 saturated carbocycles. The minimum atomic E-state index is -0.534. The van der Waals surface area contributed by atoms with E-state index in [-0.39, 0.29) is 5.69 Å². The van der Waals surface area contributed by atoms with Gasteiger partial charge < -0.3 is 15.6 Å². The largest absolute Gasteiger partial charge is 0.366 e. The van der Waals surface area contributed by atoms with Crippen molar-refractivity contribution in [3.63, 3.8) is 0 Å². The number of hydrogen-bond donors (Lipinski definition) is 2. The second kappa shape index (κ2) is 9.94. The molecule has 1 aliphatic heterocycles. The van der Waals surface area contributed by atoms with E-state index in [0.29, 0.717) is 30.5 Å². The molecule has 0 spiro atoms. The van der Waals surface area contributed by atoms with Crippen molar-refractivity contribution < 1.29 is 4.79 Å². The number of nitrogens with two attached hydrogens (primary N) is 1. The van der Waals surface area contributed by atoms with Crippen molar-refractivity contribution in [2.75, 3.05) is 18.0 Å². The SMILES string of the molecule is C=Cc1[nH]c(C)c(CCn2ccn(CC3CCN(c4ncc(C(N)=O)cn4)CC3)c2=O)c1C=C. The average molecular weight is 462 g/mol. The quantitative estimate of drug-likeness (QED) is 0.508. The maximum absolute atomic E-state index is 13.0. The zero-order chi connectivity index (χ0) is 24.2. The third-order valence-corrected chi connectivity index (χ3v) is 6.59. The molecule has 0 aliphatic carbocycles. The summed E-state index contributed by atoms with van der Waals surface area (Å²) in [6.07, 6.45) is 12.9. The summed E-state index contributed by atoms with van der Waals surface area (Å²) in [7, 11) is 0. The number of rotatable bonds is 9. The molecule has 9 heteroatoms. The van der Waals surface area contributed by atoms with Crippen molar-refractivity contribution in [1.29, 1.82) is 0 Å². The second-order valence-electron chi connectivity index (χ2n) is 8.71. The fraction of sp³-hybridized carbons (Fsp3) is 0.360. The minimum absolute atomic E-state index is 0.0186. The molecule has 0 atom stereocenters. The molecule has 3 aromatic rings. The monoisotopic (exact) mass is 461 g/mol. The van der Waals surface area contributed by atoms with Gasteiger partial charge in [-0.3, -0.25) is 13.9 Å². The Morgan fingerprint density at radius 3 is 2.47 bits per heavy atom. The molecule has 9 nitrogen and oxygen atoms in total. The van der Waals surface area contributed by atoms with Crippen molar-refractivity contribution in [2.45, 2.75) is 39.3 Å². The van der Waals surface area contributed by atoms with E-state index in [1.165, 1.54) is 18.0 Å². The lowest BCUT2D eigenvalue weighted by molar-refractivity contribution is 0.0999. The van der Waals surface area contributed by atoms with Crippen molar-refractivity contribution in [2.24, 2.45) is 11.7 Å². The molecule has 4 rings (SSSR count). The van der Waals surface area contributed by atoms with Crippen LogP contribution in [0.4, 0.5) is 5.95 Å². The molecule has 34 heavy (non-hydrogen) atoms. The van der Waals surface area contributed by atoms with Crippen molar-refractivity contribution in [1.82, 2.24) is 24.1 Å². The van der Waals surface area contributed by atoms with E-state index < -0.39 is 5.91 Å². The zero-order valence-corrected chi connectivity index (χ0v) is 19.5. The highest BCUT2D eigenvalue weighted by atomic mass is 16.2. The Kier molecular flexibility index (Phi) is 6.81. The van der Waals surface area contributed by atoms with Crippen LogP contribution in [0.3, 0.4) is 0 Å². The molecule has 3 N–H and O–H groups in total. The first-order valence-corrected chi connectivity index (χ1v) is 11.5. The van der Waals surface area contributed by atoms with Crippen LogP contribution in [0.5, 0.6) is 0 Å². The number of amides is 1. The molecule has 4 heterocycles. The normalized spacial score (nSPS) is 14.3. The van der Waals surface area contributed by atoms with Gasteiger partial charge in [-0.1, -0.05) is 19.2 Å². The maximum atomic E-state index is 13.0. The second-order valence-corrected chi connectivity index (χ2v) is 8.71. The van der Waals surface area contributed by atoms with Gasteiger partial charge in [-0.15, -0.1) is 0 Å². The number of carbonyl (C=O) groups excluding carboxylic acids is 1. The number of anilines is 1. The molecule has 0 aromatic carbocycles. The molecular weight excluding hydrogens is 430 g/mol. The lowest BCUT2D eigenvalue weighted by Gasteiger charge is -2.31. The summed E-state index contributed by atoms with van der Waals surface area (Å²) in [5.74, 6) is 0.475. The summed E-state index contributed by atoms with van der Waals surface area (Å²) in [4.78, 5) is 38.1. The summed E-state index contributed by atoms with van der Waals surface area (Å²) in [6, 6.07) is 0. The number of imidazole rings is 1. The molecule has 1 amide bonds. The Hall–Kier alpha value is -3.88. The average Bonchev–Trinajstić information content (AvgIpc) is 3.36. The fourth-order valence-corrected chi connectivity index (χ4v) is 4.63. The van der Waals surface area contributed by atoms with Crippen LogP contribution in [0.1, 0.15) is 45.7 Å². The van der Waals surface area contributed by atoms with E-state index in [0.717, 1.165) is 49.3 Å². The number of aromatic nitrogens is 5. The third-order valence-electron chi connectivity index (χ3n) is 6.59. The number of nitrogens with one attached hydrogen (secondary N) is 1. The first kappa shape index (κ1) is 23.3. The van der Waals surface area contributed by atoms with E-state index in [2.05, 4.69) is 33.0 Å². The fourth-order valence-electron chi connectivity index (χ4n) is 4.63. The number of hydrogen-bond acceptors (Lipinski definition) is 5. The number of H-pyrrole nitrogens is 1. The molecule has 0 radical (unpaired) electrons. The van der Waals surface area contributed by atoms with Crippen LogP contribution >= 0.6 is 0 Å². The van der Waals surface area contributed by atoms with Gasteiger partial charge in [-0.2, -0.15) is 0 Å². The summed E-state index contributed by atoms with van der Waals surface area (Å²) in [6.45, 7) is 12.7. The predicted molar refractivity (Wildman–Crippen MR) is 134 cm³/mol. The molecule has 0 unspecified atom stereocenters. The Labute approximate surface area is 198 Å². The number of primary amides is 1. The van der Waals surface area contributed by atoms with E-state index in [1.54, 1.807) is 10.6 Å². The molecule has 0 bridgehead atoms. The third kappa shape index (κ3) is 4.73. The van der Waals surface area contributed by atoms with Crippen LogP contribution in [0.2, 0.25) is 0 Å². The van der Waals surface area contributed by atoms with Crippen LogP contribution in [0.15, 0.2) is 42.7 Å². The molecule has 178 valence electrons. The summed E-state index contributed by atoms with van der Waals surface area (Å²) in [5.41, 5.74) is 9.84. The summed E-state index contributed by atoms with van der Waals surface area (Å²) in [5, 5.41) is 0. The van der Waals surface area contributed by atoms with Crippen LogP contribution in [-0.2, 0) is 19.5 Å². The standard InChI is InChI=1S/C25H31N7O2/c1-4-20-21(17(3)29-22(20)5-2)8-11-31-12-13-32(25(31)34)16-18-6-9-30(10-7-18)24-27-14-19(15-28-24)23(26)33/h4-5,12-15,18,29H,1-2,6-11,16H2,3H3,(H2,26,33). The predicted octanol–water partition coefficient (Wildman–Crippen LogP) is 2.62. The van der Waals surface area contributed by atoms with Crippen molar-refractivity contribution >= 4 is 24.0 Å². The molecule has 1 fully saturated rings. The Bertz CT molecular complexity index is 1240. The number of aryl methyl sites for hydroxylation is 2. The van der Waals surface area contributed by atoms with Crippen molar-refractivity contribution in [3.05, 3.63) is 76.5 Å². The number of piperidine rings is 1. The zero-order valence-electron chi connectivity index (χ0n) is 19.5. The van der Waals surface area contributed by atoms with E-state index >= 15 is 0 Å². The van der Waals surface area contributed by atoms with Gasteiger partial charge in [0.05, 0.1) is 5.56 Å². The number of aromatic amines is 1. The highest BCUT2D eigenvalue weighted by Gasteiger charge is 2.22.